The topological polar surface area (TPSA) is 141 Å². The summed E-state index contributed by atoms with van der Waals surface area (Å²) in [4.78, 5) is 11.3. The average Bonchev–Trinajstić information content (AvgIpc) is 1.25. The summed E-state index contributed by atoms with van der Waals surface area (Å²) >= 11 is 0. The van der Waals surface area contributed by atoms with Gasteiger partial charge in [0.15, 0.2) is 5.82 Å². The predicted molar refractivity (Wildman–Crippen MR) is 436 cm³/mol. The minimum Gasteiger partial charge on any atom is -0.309 e. The van der Waals surface area contributed by atoms with Crippen LogP contribution in [-0.2, 0) is 0 Å². The van der Waals surface area contributed by atoms with Crippen molar-refractivity contribution in [2.24, 2.45) is 0 Å². The maximum absolute atomic E-state index is 13.0. The lowest BCUT2D eigenvalue weighted by Gasteiger charge is -2.27. The van der Waals surface area contributed by atoms with Gasteiger partial charge < -0.3 is 18.3 Å². The lowest BCUT2D eigenvalue weighted by molar-refractivity contribution is 1.15. The molecule has 0 amide bonds. The van der Waals surface area contributed by atoms with Gasteiger partial charge in [-0.25, -0.2) is 9.97 Å². The van der Waals surface area contributed by atoms with E-state index in [-0.39, 0.29) is 0 Å². The Kier molecular flexibility index (Phi) is 14.5. The van der Waals surface area contributed by atoms with Crippen molar-refractivity contribution < 1.29 is 0 Å². The fraction of sp³-hybridized carbons (Fsp3) is 0. The van der Waals surface area contributed by atoms with Crippen LogP contribution in [0.2, 0.25) is 0 Å². The molecule has 0 radical (unpaired) electrons. The van der Waals surface area contributed by atoms with Crippen molar-refractivity contribution in [3.8, 4) is 125 Å². The summed E-state index contributed by atoms with van der Waals surface area (Å²) < 4.78 is 9.19. The zero-order valence-electron chi connectivity index (χ0n) is 57.8. The van der Waals surface area contributed by atoms with E-state index in [2.05, 4.69) is 243 Å². The minimum absolute atomic E-state index is 0.416. The van der Waals surface area contributed by atoms with E-state index in [1.807, 2.05) is 140 Å². The summed E-state index contributed by atoms with van der Waals surface area (Å²) in [7, 11) is 0. The van der Waals surface area contributed by atoms with Crippen LogP contribution < -0.4 is 0 Å². The van der Waals surface area contributed by atoms with Crippen molar-refractivity contribution in [3.05, 3.63) is 362 Å². The highest BCUT2D eigenvalue weighted by molar-refractivity contribution is 6.16. The van der Waals surface area contributed by atoms with Crippen LogP contribution in [0.15, 0.2) is 340 Å². The van der Waals surface area contributed by atoms with Crippen molar-refractivity contribution in [2.45, 2.75) is 0 Å². The smallest absolute Gasteiger partial charge is 0.160 e. The van der Waals surface area contributed by atoms with Crippen LogP contribution in [0.3, 0.4) is 0 Å². The second-order valence-electron chi connectivity index (χ2n) is 27.2. The van der Waals surface area contributed by atoms with E-state index in [0.29, 0.717) is 56.2 Å². The van der Waals surface area contributed by atoms with E-state index in [4.69, 9.17) is 9.97 Å². The zero-order chi connectivity index (χ0) is 72.1. The van der Waals surface area contributed by atoms with Gasteiger partial charge in [-0.1, -0.05) is 206 Å². The van der Waals surface area contributed by atoms with Gasteiger partial charge >= 0.3 is 0 Å². The predicted octanol–water partition coefficient (Wildman–Crippen LogP) is 24.0. The molecule has 0 N–H and O–H groups in total. The van der Waals surface area contributed by atoms with Crippen LogP contribution in [-0.4, -0.2) is 28.2 Å². The number of nitrogens with zero attached hydrogens (tertiary/aromatic N) is 10. The molecule has 15 aromatic carbocycles. The third-order valence-electron chi connectivity index (χ3n) is 21.3. The molecule has 0 spiro atoms. The maximum atomic E-state index is 13.0. The average molecular weight is 1370 g/mol. The monoisotopic (exact) mass is 1370 g/mol. The Bertz CT molecular complexity index is 7240. The second-order valence-corrected chi connectivity index (χ2v) is 27.2. The third-order valence-corrected chi connectivity index (χ3v) is 21.3. The van der Waals surface area contributed by atoms with Crippen LogP contribution in [0.4, 0.5) is 0 Å². The molecular formula is C98H56N10. The normalized spacial score (nSPS) is 11.5. The van der Waals surface area contributed by atoms with Crippen molar-refractivity contribution in [1.29, 1.82) is 21.0 Å². The Labute approximate surface area is 620 Å². The highest BCUT2D eigenvalue weighted by Crippen LogP contribution is 2.54. The van der Waals surface area contributed by atoms with E-state index in [9.17, 15) is 21.0 Å². The zero-order valence-corrected chi connectivity index (χ0v) is 57.8. The van der Waals surface area contributed by atoms with E-state index in [1.165, 1.54) is 0 Å². The van der Waals surface area contributed by atoms with Gasteiger partial charge in [0.2, 0.25) is 0 Å². The van der Waals surface area contributed by atoms with Crippen LogP contribution in [0, 0.1) is 45.3 Å². The van der Waals surface area contributed by atoms with Gasteiger partial charge in [-0.15, -0.1) is 0 Å². The number of aromatic nitrogens is 6. The summed E-state index contributed by atoms with van der Waals surface area (Å²) in [6.45, 7) is 0. The molecule has 0 atom stereocenters. The maximum Gasteiger partial charge on any atom is 0.160 e. The largest absolute Gasteiger partial charge is 0.309 e. The molecule has 10 heteroatoms. The molecule has 0 bridgehead atoms. The molecule has 0 unspecified atom stereocenters. The molecule has 0 saturated carbocycles. The fourth-order valence-electron chi connectivity index (χ4n) is 16.5. The van der Waals surface area contributed by atoms with E-state index < -0.39 is 0 Å². The highest BCUT2D eigenvalue weighted by atomic mass is 15.0. The van der Waals surface area contributed by atoms with Gasteiger partial charge in [0.25, 0.3) is 0 Å². The second kappa shape index (κ2) is 25.2. The molecule has 5 aromatic heterocycles. The number of hydrogen-bond acceptors (Lipinski definition) is 6. The summed E-state index contributed by atoms with van der Waals surface area (Å²) in [5.74, 6) is 0.505. The molecule has 5 heterocycles. The van der Waals surface area contributed by atoms with Crippen LogP contribution in [0.25, 0.3) is 188 Å². The fourth-order valence-corrected chi connectivity index (χ4v) is 16.5. The Morgan fingerprint density at radius 2 is 0.537 bits per heavy atom. The molecule has 0 aliphatic rings. The Morgan fingerprint density at radius 1 is 0.213 bits per heavy atom. The summed E-state index contributed by atoms with van der Waals surface area (Å²) in [6.07, 6.45) is 0. The van der Waals surface area contributed by atoms with Crippen LogP contribution in [0.5, 0.6) is 0 Å². The lowest BCUT2D eigenvalue weighted by atomic mass is 9.80. The third kappa shape index (κ3) is 9.92. The van der Waals surface area contributed by atoms with Crippen molar-refractivity contribution in [3.63, 3.8) is 0 Å². The number of nitriles is 4. The molecule has 20 rings (SSSR count). The standard InChI is InChI=1S/C98H56N10/c99-57-61-32-48-89-78(52-61)74-24-10-14-28-85(74)105(89)71-42-35-66(36-43-71)93-82(60-102)94(67-37-44-72(45-38-67)106-86-29-15-11-25-75(86)79-53-62(58-100)33-49-90(79)106)96(84-56-83(65-20-6-2-7-21-65)103-98(104-84)69-22-8-3-9-23-69)97(108-88-31-17-13-27-77(88)81-55-70(41-51-92(81)108)64-18-4-1-5-19-64)95(93)68-39-46-73(47-40-68)107-87-30-16-12-26-76(87)80-54-63(59-101)34-50-91(80)107/h1-56H. The van der Waals surface area contributed by atoms with Crippen LogP contribution in [0.1, 0.15) is 22.3 Å². The minimum atomic E-state index is 0.416. The first kappa shape index (κ1) is 62.3. The Morgan fingerprint density at radius 3 is 0.963 bits per heavy atom. The molecule has 498 valence electrons. The van der Waals surface area contributed by atoms with E-state index >= 15 is 0 Å². The van der Waals surface area contributed by atoms with E-state index in [1.54, 1.807) is 0 Å². The lowest BCUT2D eigenvalue weighted by Crippen LogP contribution is -2.09. The first-order chi connectivity index (χ1) is 53.4. The van der Waals surface area contributed by atoms with Crippen molar-refractivity contribution in [1.82, 2.24) is 28.2 Å². The first-order valence-electron chi connectivity index (χ1n) is 35.8. The SMILES string of the molecule is N#Cc1ccc2c(c1)c1ccccc1n2-c1ccc(-c2c(C#N)c(-c3ccc(-n4c5ccccc5c5cc(C#N)ccc54)cc3)c(-c3cc(-c4ccccc4)nc(-c4ccccc4)n3)c(-n3c4ccccc4c4cc(-c5ccccc5)ccc43)c2-c2ccc(-n3c4ccccc4c4cc(C#N)ccc43)cc2)cc1. The van der Waals surface area contributed by atoms with Gasteiger partial charge in [0, 0.05) is 93.5 Å². The highest BCUT2D eigenvalue weighted by Gasteiger charge is 2.33. The van der Waals surface area contributed by atoms with Gasteiger partial charge in [-0.2, -0.15) is 21.0 Å². The van der Waals surface area contributed by atoms with Crippen molar-refractivity contribution in [2.75, 3.05) is 0 Å². The summed E-state index contributed by atoms with van der Waals surface area (Å²) in [6, 6.07) is 127. The molecule has 0 aliphatic heterocycles. The molecule has 0 saturated heterocycles. The van der Waals surface area contributed by atoms with Gasteiger partial charge in [-0.3, -0.25) is 0 Å². The number of para-hydroxylation sites is 4. The van der Waals surface area contributed by atoms with Crippen molar-refractivity contribution >= 4 is 87.2 Å². The van der Waals surface area contributed by atoms with Gasteiger partial charge in [0.1, 0.15) is 6.07 Å². The molecular weight excluding hydrogens is 1320 g/mol. The molecule has 0 fully saturated rings. The number of rotatable bonds is 11. The Balaban J connectivity index is 0.954. The van der Waals surface area contributed by atoms with E-state index in [0.717, 1.165) is 154 Å². The quantitative estimate of drug-likeness (QED) is 0.126. The van der Waals surface area contributed by atoms with Crippen LogP contribution >= 0.6 is 0 Å². The summed E-state index contributed by atoms with van der Waals surface area (Å²) in [5, 5.41) is 51.7. The molecule has 108 heavy (non-hydrogen) atoms. The number of fused-ring (bicyclic) bond motifs is 12. The Hall–Kier alpha value is -15.5. The molecule has 0 aliphatic carbocycles. The first-order valence-corrected chi connectivity index (χ1v) is 35.8. The molecule has 20 aromatic rings. The van der Waals surface area contributed by atoms with Gasteiger partial charge in [0.05, 0.1) is 102 Å². The number of benzene rings is 15. The number of hydrogen-bond donors (Lipinski definition) is 0. The summed E-state index contributed by atoms with van der Waals surface area (Å²) in [5.41, 5.74) is 23.7. The molecule has 10 nitrogen and oxygen atoms in total. The van der Waals surface area contributed by atoms with Gasteiger partial charge in [-0.05, 0) is 161 Å².